The zero-order chi connectivity index (χ0) is 21.4. The second-order valence-electron chi connectivity index (χ2n) is 7.56. The van der Waals surface area contributed by atoms with Crippen molar-refractivity contribution in [2.75, 3.05) is 14.2 Å². The number of aromatic nitrogens is 1. The summed E-state index contributed by atoms with van der Waals surface area (Å²) in [6.45, 7) is 2.12. The van der Waals surface area contributed by atoms with Gasteiger partial charge in [0.2, 0.25) is 0 Å². The predicted molar refractivity (Wildman–Crippen MR) is 119 cm³/mol. The molecule has 0 radical (unpaired) electrons. The third-order valence-electron chi connectivity index (χ3n) is 5.43. The summed E-state index contributed by atoms with van der Waals surface area (Å²) in [5.74, 6) is 0.391. The maximum absolute atomic E-state index is 12.2. The monoisotopic (exact) mass is 423 g/mol. The maximum atomic E-state index is 12.2. The summed E-state index contributed by atoms with van der Waals surface area (Å²) in [6.07, 6.45) is 3.48. The maximum Gasteiger partial charge on any atom is 0.336 e. The summed E-state index contributed by atoms with van der Waals surface area (Å²) in [5, 5.41) is 11.1. The number of para-hydroxylation sites is 1. The molecular formula is C24H22ClNO4. The molecule has 1 N–H and O–H groups in total. The van der Waals surface area contributed by atoms with Gasteiger partial charge >= 0.3 is 5.97 Å². The number of halogens is 1. The fourth-order valence-electron chi connectivity index (χ4n) is 4.20. The molecule has 0 amide bonds. The Morgan fingerprint density at radius 3 is 2.67 bits per heavy atom. The van der Waals surface area contributed by atoms with Crippen molar-refractivity contribution in [2.24, 2.45) is 5.92 Å². The lowest BCUT2D eigenvalue weighted by Crippen LogP contribution is -2.17. The topological polar surface area (TPSA) is 68.7 Å². The van der Waals surface area contributed by atoms with Crippen molar-refractivity contribution >= 4 is 40.1 Å². The Morgan fingerprint density at radius 2 is 1.97 bits per heavy atom. The molecule has 2 aromatic carbocycles. The Hall–Kier alpha value is -3.05. The van der Waals surface area contributed by atoms with Gasteiger partial charge in [0, 0.05) is 5.39 Å². The normalized spacial score (nSPS) is 17.1. The first-order valence-electron chi connectivity index (χ1n) is 9.70. The second kappa shape index (κ2) is 8.00. The van der Waals surface area contributed by atoms with Gasteiger partial charge in [-0.2, -0.15) is 0 Å². The van der Waals surface area contributed by atoms with Crippen LogP contribution in [0.4, 0.5) is 0 Å². The van der Waals surface area contributed by atoms with Gasteiger partial charge in [0.25, 0.3) is 0 Å². The van der Waals surface area contributed by atoms with Crippen LogP contribution in [0.1, 0.15) is 40.5 Å². The van der Waals surface area contributed by atoms with Crippen LogP contribution in [0.5, 0.6) is 11.5 Å². The average molecular weight is 424 g/mol. The first-order valence-corrected chi connectivity index (χ1v) is 10.1. The number of ether oxygens (including phenoxy) is 2. The lowest BCUT2D eigenvalue weighted by Gasteiger charge is -2.26. The molecule has 0 saturated heterocycles. The van der Waals surface area contributed by atoms with Crippen LogP contribution in [0.15, 0.2) is 36.4 Å². The van der Waals surface area contributed by atoms with Gasteiger partial charge in [0.1, 0.15) is 0 Å². The second-order valence-corrected chi connectivity index (χ2v) is 7.96. The highest BCUT2D eigenvalue weighted by molar-refractivity contribution is 6.32. The minimum atomic E-state index is -0.924. The molecule has 1 heterocycles. The van der Waals surface area contributed by atoms with E-state index >= 15 is 0 Å². The lowest BCUT2D eigenvalue weighted by atomic mass is 9.80. The molecule has 0 bridgehead atoms. The molecule has 1 aromatic heterocycles. The average Bonchev–Trinajstić information content (AvgIpc) is 2.71. The van der Waals surface area contributed by atoms with Crippen LogP contribution in [0, 0.1) is 5.92 Å². The molecule has 154 valence electrons. The molecule has 1 unspecified atom stereocenters. The van der Waals surface area contributed by atoms with Gasteiger partial charge in [-0.1, -0.05) is 36.7 Å². The molecule has 1 atom stereocenters. The van der Waals surface area contributed by atoms with Crippen LogP contribution < -0.4 is 9.47 Å². The van der Waals surface area contributed by atoms with Crippen molar-refractivity contribution < 1.29 is 19.4 Å². The Balaban J connectivity index is 1.95. The molecule has 0 saturated carbocycles. The fourth-order valence-corrected chi connectivity index (χ4v) is 4.50. The molecule has 4 rings (SSSR count). The summed E-state index contributed by atoms with van der Waals surface area (Å²) in [4.78, 5) is 17.0. The highest BCUT2D eigenvalue weighted by Gasteiger charge is 2.28. The quantitative estimate of drug-likeness (QED) is 0.580. The minimum Gasteiger partial charge on any atom is -0.493 e. The van der Waals surface area contributed by atoms with Crippen molar-refractivity contribution in [3.8, 4) is 11.5 Å². The smallest absolute Gasteiger partial charge is 0.336 e. The largest absolute Gasteiger partial charge is 0.493 e. The molecule has 5 nitrogen and oxygen atoms in total. The van der Waals surface area contributed by atoms with Crippen LogP contribution in [-0.4, -0.2) is 30.3 Å². The number of pyridine rings is 1. The van der Waals surface area contributed by atoms with Gasteiger partial charge in [0.05, 0.1) is 36.0 Å². The van der Waals surface area contributed by atoms with Gasteiger partial charge in [-0.3, -0.25) is 0 Å². The molecule has 6 heteroatoms. The van der Waals surface area contributed by atoms with E-state index in [9.17, 15) is 9.90 Å². The molecule has 0 aliphatic heterocycles. The van der Waals surface area contributed by atoms with Crippen molar-refractivity contribution in [3.05, 3.63) is 63.8 Å². The molecule has 1 aliphatic carbocycles. The highest BCUT2D eigenvalue weighted by Crippen LogP contribution is 2.41. The third kappa shape index (κ3) is 3.50. The van der Waals surface area contributed by atoms with E-state index < -0.39 is 5.97 Å². The number of methoxy groups -OCH3 is 2. The number of fused-ring (bicyclic) bond motifs is 2. The Bertz CT molecular complexity index is 1190. The number of benzene rings is 2. The molecular weight excluding hydrogens is 402 g/mol. The summed E-state index contributed by atoms with van der Waals surface area (Å²) in [6, 6.07) is 11.1. The molecule has 30 heavy (non-hydrogen) atoms. The molecule has 0 spiro atoms. The van der Waals surface area contributed by atoms with Gasteiger partial charge in [0.15, 0.2) is 11.5 Å². The van der Waals surface area contributed by atoms with Gasteiger partial charge < -0.3 is 14.6 Å². The number of allylic oxidation sites excluding steroid dienone is 1. The number of nitrogens with zero attached hydrogens (tertiary/aromatic N) is 1. The van der Waals surface area contributed by atoms with E-state index in [0.29, 0.717) is 45.3 Å². The van der Waals surface area contributed by atoms with Crippen LogP contribution in [-0.2, 0) is 6.42 Å². The summed E-state index contributed by atoms with van der Waals surface area (Å²) >= 11 is 6.38. The lowest BCUT2D eigenvalue weighted by molar-refractivity contribution is 0.0697. The van der Waals surface area contributed by atoms with E-state index in [-0.39, 0.29) is 0 Å². The van der Waals surface area contributed by atoms with E-state index in [2.05, 4.69) is 6.92 Å². The number of rotatable bonds is 4. The first-order chi connectivity index (χ1) is 14.4. The van der Waals surface area contributed by atoms with Gasteiger partial charge in [-0.25, -0.2) is 9.78 Å². The zero-order valence-corrected chi connectivity index (χ0v) is 17.8. The SMILES string of the molecule is COc1cc(/C=C2\CC(C)Cc3c2nc2ccccc2c3C(=O)O)cc(Cl)c1OC. The van der Waals surface area contributed by atoms with Gasteiger partial charge in [-0.05, 0) is 59.7 Å². The molecule has 0 fully saturated rings. The van der Waals surface area contributed by atoms with Crippen LogP contribution >= 0.6 is 11.6 Å². The van der Waals surface area contributed by atoms with Crippen LogP contribution in [0.25, 0.3) is 22.6 Å². The number of aromatic carboxylic acids is 1. The minimum absolute atomic E-state index is 0.292. The number of hydrogen-bond acceptors (Lipinski definition) is 4. The van der Waals surface area contributed by atoms with Crippen molar-refractivity contribution in [1.82, 2.24) is 4.98 Å². The zero-order valence-electron chi connectivity index (χ0n) is 17.0. The summed E-state index contributed by atoms with van der Waals surface area (Å²) in [7, 11) is 3.11. The summed E-state index contributed by atoms with van der Waals surface area (Å²) in [5.41, 5.74) is 4.39. The third-order valence-corrected chi connectivity index (χ3v) is 5.71. The Labute approximate surface area is 179 Å². The Kier molecular flexibility index (Phi) is 5.39. The van der Waals surface area contributed by atoms with E-state index in [4.69, 9.17) is 26.1 Å². The summed E-state index contributed by atoms with van der Waals surface area (Å²) < 4.78 is 10.7. The standard InChI is InChI=1S/C24H22ClNO4/c1-13-8-15(10-14-11-18(25)23(30-3)20(12-14)29-2)22-17(9-13)21(24(27)28)16-6-4-5-7-19(16)26-22/h4-7,10-13H,8-9H2,1-3H3,(H,27,28)/b15-10+. The van der Waals surface area contributed by atoms with E-state index in [1.807, 2.05) is 42.5 Å². The number of carboxylic acids is 1. The first kappa shape index (κ1) is 20.2. The van der Waals surface area contributed by atoms with E-state index in [1.54, 1.807) is 14.2 Å². The van der Waals surface area contributed by atoms with Crippen LogP contribution in [0.3, 0.4) is 0 Å². The fraction of sp³-hybridized carbons (Fsp3) is 0.250. The van der Waals surface area contributed by atoms with Crippen molar-refractivity contribution in [3.63, 3.8) is 0 Å². The van der Waals surface area contributed by atoms with Crippen LogP contribution in [0.2, 0.25) is 5.02 Å². The van der Waals surface area contributed by atoms with Crippen molar-refractivity contribution in [2.45, 2.75) is 19.8 Å². The van der Waals surface area contributed by atoms with E-state index in [0.717, 1.165) is 28.8 Å². The number of carboxylic acid groups (broad SMARTS) is 1. The van der Waals surface area contributed by atoms with Crippen molar-refractivity contribution in [1.29, 1.82) is 0 Å². The van der Waals surface area contributed by atoms with E-state index in [1.165, 1.54) is 0 Å². The van der Waals surface area contributed by atoms with Gasteiger partial charge in [-0.15, -0.1) is 0 Å². The molecule has 3 aromatic rings. The predicted octanol–water partition coefficient (Wildman–Crippen LogP) is 5.73. The Morgan fingerprint density at radius 1 is 1.20 bits per heavy atom. The highest BCUT2D eigenvalue weighted by atomic mass is 35.5. The number of hydrogen-bond donors (Lipinski definition) is 1. The molecule has 1 aliphatic rings. The number of carbonyl (C=O) groups is 1.